The minimum Gasteiger partial charge on any atom is -0.480 e. The van der Waals surface area contributed by atoms with Crippen molar-refractivity contribution in [2.24, 2.45) is 62.9 Å². The van der Waals surface area contributed by atoms with Crippen molar-refractivity contribution >= 4 is 83.7 Å². The van der Waals surface area contributed by atoms with Crippen LogP contribution in [0.2, 0.25) is 0 Å². The Morgan fingerprint density at radius 1 is 0.533 bits per heavy atom. The lowest BCUT2D eigenvalue weighted by Gasteiger charge is -2.38. The minimum atomic E-state index is -1.68. The quantitative estimate of drug-likeness (QED) is 0.0608. The van der Waals surface area contributed by atoms with Crippen molar-refractivity contribution in [1.82, 2.24) is 56.8 Å². The number of carbonyl (C=O) groups excluding carboxylic acids is 11. The van der Waals surface area contributed by atoms with Crippen LogP contribution in [0, 0.1) is 57.2 Å². The number of likely N-dealkylation sites (tertiary alicyclic amines) is 2. The van der Waals surface area contributed by atoms with Crippen LogP contribution < -0.4 is 43.0 Å². The van der Waals surface area contributed by atoms with Gasteiger partial charge in [0.25, 0.3) is 11.8 Å². The Kier molecular flexibility index (Phi) is 31.0. The molecule has 6 aliphatic rings. The topological polar surface area (TPSA) is 407 Å². The third kappa shape index (κ3) is 24.9. The van der Waals surface area contributed by atoms with Crippen LogP contribution in [-0.4, -0.2) is 220 Å². The normalized spacial score (nSPS) is 22.2. The predicted octanol–water partition coefficient (Wildman–Crippen LogP) is 5.20. The molecule has 0 bridgehead atoms. The van der Waals surface area contributed by atoms with Gasteiger partial charge in [-0.15, -0.1) is 12.4 Å². The van der Waals surface area contributed by atoms with E-state index < -0.39 is 143 Å². The van der Waals surface area contributed by atoms with Crippen LogP contribution in [0.5, 0.6) is 0 Å². The maximum atomic E-state index is 14.2. The molecule has 4 saturated carbocycles. The van der Waals surface area contributed by atoms with Crippen molar-refractivity contribution < 1.29 is 82.3 Å². The van der Waals surface area contributed by atoms with Crippen molar-refractivity contribution in [1.29, 1.82) is 0 Å². The van der Waals surface area contributed by atoms with E-state index in [-0.39, 0.29) is 84.5 Å². The second kappa shape index (κ2) is 36.4. The summed E-state index contributed by atoms with van der Waals surface area (Å²) >= 11 is 0. The Morgan fingerprint density at radius 3 is 1.21 bits per heavy atom. The maximum Gasteiger partial charge on any atom is 0.408 e. The number of nitrogens with one attached hydrogen (secondary N) is 7. The van der Waals surface area contributed by atoms with Gasteiger partial charge in [-0.25, -0.2) is 14.4 Å². The Bertz CT molecular complexity index is 3470. The maximum absolute atomic E-state index is 14.2. The Labute approximate surface area is 637 Å². The molecule has 0 spiro atoms. The number of hydrogen-bond acceptors (Lipinski definition) is 17. The van der Waals surface area contributed by atoms with E-state index in [9.17, 15) is 72.9 Å². The molecule has 600 valence electrons. The molecular formula is C77H123ClN12O17. The third-order valence-electron chi connectivity index (χ3n) is 20.4. The van der Waals surface area contributed by atoms with E-state index in [1.807, 2.05) is 75.3 Å². The predicted molar refractivity (Wildman–Crippen MR) is 404 cm³/mol. The number of amides is 11. The second-order valence-corrected chi connectivity index (χ2v) is 34.8. The first-order valence-corrected chi connectivity index (χ1v) is 36.3. The number of benzene rings is 2. The first kappa shape index (κ1) is 91.2. The number of carbonyl (C=O) groups is 12. The van der Waals surface area contributed by atoms with Crippen LogP contribution in [0.1, 0.15) is 180 Å². The van der Waals surface area contributed by atoms with Gasteiger partial charge < -0.3 is 87.3 Å². The van der Waals surface area contributed by atoms with E-state index >= 15 is 0 Å². The average molecular weight is 1520 g/mol. The van der Waals surface area contributed by atoms with E-state index in [2.05, 4.69) is 37.2 Å². The molecular weight excluding hydrogens is 1400 g/mol. The number of nitrogens with two attached hydrogens (primary N) is 1. The number of aliphatic carboxylic acids is 1. The molecule has 11 amide bonds. The number of aliphatic hydroxyl groups is 2. The van der Waals surface area contributed by atoms with Gasteiger partial charge in [0.1, 0.15) is 53.6 Å². The summed E-state index contributed by atoms with van der Waals surface area (Å²) in [6, 6.07) is 10.5. The Hall–Kier alpha value is -8.15. The average Bonchev–Trinajstić information content (AvgIpc) is 1.53. The number of piperidine rings is 2. The van der Waals surface area contributed by atoms with E-state index in [1.54, 1.807) is 124 Å². The molecule has 14 atom stereocenters. The number of halogens is 1. The van der Waals surface area contributed by atoms with E-state index in [4.69, 9.17) is 15.2 Å². The molecule has 0 radical (unpaired) electrons. The second-order valence-electron chi connectivity index (χ2n) is 34.8. The highest BCUT2D eigenvalue weighted by Crippen LogP contribution is 2.66. The molecule has 0 aromatic heterocycles. The Morgan fingerprint density at radius 2 is 0.879 bits per heavy atom. The number of carboxylic acid groups (broad SMARTS) is 1. The van der Waals surface area contributed by atoms with Crippen molar-refractivity contribution in [2.45, 2.75) is 228 Å². The summed E-state index contributed by atoms with van der Waals surface area (Å²) in [6.45, 7) is 29.5. The molecule has 2 aromatic carbocycles. The number of carboxylic acids is 1. The van der Waals surface area contributed by atoms with Crippen LogP contribution >= 0.6 is 12.4 Å². The molecule has 107 heavy (non-hydrogen) atoms. The van der Waals surface area contributed by atoms with Gasteiger partial charge in [0, 0.05) is 53.2 Å². The third-order valence-corrected chi connectivity index (χ3v) is 20.4. The lowest BCUT2D eigenvalue weighted by atomic mass is 9.85. The standard InChI is InChI=1S/C38H58N6O8.C19H28N4O4.C19H32N2O5.CH4.ClH/c1-36(2,3)30(42-35(51)52-37(4,5)6)34(50)44-20-23-26(38(23,7)8)28(44)31(47)40-24(18-21-16-17-21)29(46)32(48)39-19-25(45)41-27(33(49)43(9)10)22-14-12-11-13-15-22;1-23(2)19(27)16(13-6-4-3-5-7-13)22-15(24)11-21-18(26)17(25)14(20)10-12-8-9-12;1-17(2,3)13(20-16(25)26-18(4,5)6)14(22)21-9-10-11(19(10,7)8)12(21)15(23)24;;/h11-15,21,23-24,26-30,46H,16-20H2,1-10H3,(H,39,48)(H,40,47)(H,41,45)(H,42,51);3-7,12,14,16-17,25H,8-11,20H2,1-2H3,(H,21,26)(H,22,24);10-13H,9H2,1-8H3,(H,20,25)(H,23,24);1H4;1H/t23-,24?,26-,27-,28-,29?,30+;14?,16-,17?;10-,11-,12-,13+;;/m000../s1. The summed E-state index contributed by atoms with van der Waals surface area (Å²) in [6.07, 6.45) is 0.398. The van der Waals surface area contributed by atoms with Gasteiger partial charge >= 0.3 is 18.2 Å². The number of aliphatic hydroxyl groups excluding tert-OH is 2. The van der Waals surface area contributed by atoms with Crippen LogP contribution in [0.15, 0.2) is 60.7 Å². The van der Waals surface area contributed by atoms with E-state index in [0.717, 1.165) is 25.7 Å². The van der Waals surface area contributed by atoms with Gasteiger partial charge in [-0.1, -0.05) is 163 Å². The molecule has 2 heterocycles. The molecule has 2 aliphatic heterocycles. The summed E-state index contributed by atoms with van der Waals surface area (Å²) < 4.78 is 10.7. The fourth-order valence-electron chi connectivity index (χ4n) is 13.9. The van der Waals surface area contributed by atoms with Gasteiger partial charge in [0.05, 0.1) is 19.1 Å². The number of nitrogens with zero attached hydrogens (tertiary/aromatic N) is 4. The van der Waals surface area contributed by atoms with Crippen molar-refractivity contribution in [2.75, 3.05) is 54.4 Å². The van der Waals surface area contributed by atoms with Crippen LogP contribution in [0.3, 0.4) is 0 Å². The number of hydrogen-bond donors (Lipinski definition) is 11. The van der Waals surface area contributed by atoms with Crippen molar-refractivity contribution in [3.8, 4) is 0 Å². The van der Waals surface area contributed by atoms with Crippen LogP contribution in [0.4, 0.5) is 9.59 Å². The number of rotatable bonds is 25. The first-order chi connectivity index (χ1) is 48.4. The summed E-state index contributed by atoms with van der Waals surface area (Å²) in [5.41, 5.74) is 4.02. The molecule has 29 nitrogen and oxygen atoms in total. The molecule has 6 fully saturated rings. The van der Waals surface area contributed by atoms with Gasteiger partial charge in [0.15, 0.2) is 6.10 Å². The minimum absolute atomic E-state index is 0. The van der Waals surface area contributed by atoms with E-state index in [1.165, 1.54) is 19.6 Å². The van der Waals surface area contributed by atoms with Gasteiger partial charge in [-0.05, 0) is 117 Å². The zero-order chi connectivity index (χ0) is 79.1. The number of fused-ring (bicyclic) bond motifs is 2. The van der Waals surface area contributed by atoms with Gasteiger partial charge in [-0.3, -0.25) is 43.2 Å². The summed E-state index contributed by atoms with van der Waals surface area (Å²) in [4.78, 5) is 160. The van der Waals surface area contributed by atoms with Gasteiger partial charge in [0.2, 0.25) is 41.4 Å². The highest BCUT2D eigenvalue weighted by Gasteiger charge is 2.71. The number of likely N-dealkylation sites (N-methyl/N-ethyl adjacent to an activating group) is 2. The highest BCUT2D eigenvalue weighted by molar-refractivity contribution is 5.96. The largest absolute Gasteiger partial charge is 0.480 e. The zero-order valence-corrected chi connectivity index (χ0v) is 66.2. The molecule has 30 heteroatoms. The zero-order valence-electron chi connectivity index (χ0n) is 65.4. The molecule has 2 saturated heterocycles. The summed E-state index contributed by atoms with van der Waals surface area (Å²) in [5.74, 6) is -4.85. The number of alkyl carbamates (subject to hydrolysis) is 2. The number of ether oxygens (including phenoxy) is 2. The molecule has 4 unspecified atom stereocenters. The fourth-order valence-corrected chi connectivity index (χ4v) is 13.9. The van der Waals surface area contributed by atoms with Crippen molar-refractivity contribution in [3.05, 3.63) is 71.8 Å². The summed E-state index contributed by atoms with van der Waals surface area (Å²) in [5, 5.41) is 49.3. The van der Waals surface area contributed by atoms with Crippen LogP contribution in [-0.2, 0) is 57.4 Å². The highest BCUT2D eigenvalue weighted by atomic mass is 35.5. The fraction of sp³-hybridized carbons (Fsp3) is 0.688. The first-order valence-electron chi connectivity index (χ1n) is 36.3. The molecule has 2 aromatic rings. The lowest BCUT2D eigenvalue weighted by molar-refractivity contribution is -0.152. The van der Waals surface area contributed by atoms with Crippen molar-refractivity contribution in [3.63, 3.8) is 0 Å². The van der Waals surface area contributed by atoms with Crippen LogP contribution in [0.25, 0.3) is 0 Å². The summed E-state index contributed by atoms with van der Waals surface area (Å²) in [7, 11) is 6.35. The SMILES string of the molecule is C.CC(C)(C)OC(=O)N[C@H](C(=O)N1C[C@H]2[C@@H]([C@H]1C(=O)O)C2(C)C)C(C)(C)C.CN(C)C(=O)[C@@H](NC(=O)CNC(=O)C(O)C(CC1CC1)NC(=O)[C@@H]1[C@@H]2[C@H](CN1C(=O)[C@@H](NC(=O)OC(C)(C)C)C(C)(C)C)C2(C)C)c1ccccc1.CN(C)C(=O)[C@@H](NC(=O)CNC(=O)C(O)C(N)CC1CC1)c1ccccc1.Cl. The van der Waals surface area contributed by atoms with E-state index in [0.29, 0.717) is 43.0 Å². The monoisotopic (exact) mass is 1520 g/mol. The smallest absolute Gasteiger partial charge is 0.408 e. The lowest BCUT2D eigenvalue weighted by Crippen LogP contribution is -2.61. The molecule has 12 N–H and O–H groups in total. The molecule has 8 rings (SSSR count). The Balaban J connectivity index is 0.000000370. The molecule has 4 aliphatic carbocycles. The van der Waals surface area contributed by atoms with Gasteiger partial charge in [-0.2, -0.15) is 0 Å².